The topological polar surface area (TPSA) is 63.1 Å². The van der Waals surface area contributed by atoms with Crippen molar-refractivity contribution in [2.24, 2.45) is 13.0 Å². The van der Waals surface area contributed by atoms with Crippen LogP contribution in [0.1, 0.15) is 31.0 Å². The summed E-state index contributed by atoms with van der Waals surface area (Å²) < 4.78 is 2.13. The highest BCUT2D eigenvalue weighted by molar-refractivity contribution is 5.79. The van der Waals surface area contributed by atoms with Crippen LogP contribution in [0.4, 0.5) is 0 Å². The van der Waals surface area contributed by atoms with Crippen LogP contribution >= 0.6 is 0 Å². The number of hydrogen-bond acceptors (Lipinski definition) is 4. The van der Waals surface area contributed by atoms with Crippen LogP contribution in [0.3, 0.4) is 0 Å². The summed E-state index contributed by atoms with van der Waals surface area (Å²) in [6.45, 7) is 3.51. The predicted molar refractivity (Wildman–Crippen MR) is 88.0 cm³/mol. The molecule has 0 aliphatic carbocycles. The Morgan fingerprint density at radius 2 is 2.30 bits per heavy atom. The number of aryl methyl sites for hydroxylation is 1. The number of rotatable bonds is 2. The van der Waals surface area contributed by atoms with Crippen LogP contribution in [0.5, 0.6) is 0 Å². The molecule has 0 saturated carbocycles. The molecule has 2 aliphatic rings. The number of pyridine rings is 1. The minimum atomic E-state index is 0.159. The monoisotopic (exact) mass is 313 g/mol. The van der Waals surface area contributed by atoms with Crippen molar-refractivity contribution < 1.29 is 4.79 Å². The predicted octanol–water partition coefficient (Wildman–Crippen LogP) is 1.28. The Balaban J connectivity index is 1.51. The fourth-order valence-electron chi connectivity index (χ4n) is 3.91. The number of carbonyl (C=O) groups is 1. The highest BCUT2D eigenvalue weighted by Gasteiger charge is 2.33. The van der Waals surface area contributed by atoms with Gasteiger partial charge in [0.15, 0.2) is 0 Å². The summed E-state index contributed by atoms with van der Waals surface area (Å²) in [6, 6.07) is 1.95. The third-order valence-corrected chi connectivity index (χ3v) is 5.23. The van der Waals surface area contributed by atoms with Gasteiger partial charge >= 0.3 is 0 Å². The molecule has 0 aromatic carbocycles. The zero-order valence-corrected chi connectivity index (χ0v) is 13.5. The molecule has 2 aliphatic heterocycles. The number of amides is 1. The molecule has 1 amide bonds. The molecule has 2 atom stereocenters. The number of imidazole rings is 1. The van der Waals surface area contributed by atoms with Gasteiger partial charge in [-0.1, -0.05) is 0 Å². The number of hydrogen-bond donors (Lipinski definition) is 1. The standard InChI is InChI=1S/C17H23N5O/c1-21-15-10-19-7-4-14(15)20-16(21)13-5-8-22(11-13)17(23)12-3-2-6-18-9-12/h4,7,10,12-13,18H,2-3,5-6,8-9,11H2,1H3/t12-,13+/m1/s1. The Labute approximate surface area is 135 Å². The molecular formula is C17H23N5O. The molecular weight excluding hydrogens is 290 g/mol. The molecule has 0 bridgehead atoms. The van der Waals surface area contributed by atoms with Gasteiger partial charge in [0, 0.05) is 38.8 Å². The lowest BCUT2D eigenvalue weighted by Crippen LogP contribution is -2.42. The zero-order valence-electron chi connectivity index (χ0n) is 13.5. The van der Waals surface area contributed by atoms with Gasteiger partial charge in [-0.15, -0.1) is 0 Å². The van der Waals surface area contributed by atoms with Crippen LogP contribution in [0.15, 0.2) is 18.5 Å². The molecule has 0 unspecified atom stereocenters. The van der Waals surface area contributed by atoms with E-state index in [1.807, 2.05) is 24.2 Å². The average molecular weight is 313 g/mol. The molecule has 2 aromatic rings. The van der Waals surface area contributed by atoms with E-state index in [0.29, 0.717) is 11.8 Å². The molecule has 2 fully saturated rings. The fraction of sp³-hybridized carbons (Fsp3) is 0.588. The summed E-state index contributed by atoms with van der Waals surface area (Å²) >= 11 is 0. The van der Waals surface area contributed by atoms with E-state index in [1.165, 1.54) is 0 Å². The van der Waals surface area contributed by atoms with Crippen molar-refractivity contribution in [3.05, 3.63) is 24.3 Å². The van der Waals surface area contributed by atoms with E-state index in [1.54, 1.807) is 6.20 Å². The van der Waals surface area contributed by atoms with E-state index in [9.17, 15) is 4.79 Å². The van der Waals surface area contributed by atoms with E-state index < -0.39 is 0 Å². The van der Waals surface area contributed by atoms with Crippen molar-refractivity contribution in [3.8, 4) is 0 Å². The van der Waals surface area contributed by atoms with Gasteiger partial charge in [-0.2, -0.15) is 0 Å². The van der Waals surface area contributed by atoms with Crippen molar-refractivity contribution >= 4 is 16.9 Å². The van der Waals surface area contributed by atoms with Crippen molar-refractivity contribution in [1.82, 2.24) is 24.8 Å². The van der Waals surface area contributed by atoms with Gasteiger partial charge in [0.2, 0.25) is 5.91 Å². The maximum absolute atomic E-state index is 12.7. The molecule has 4 heterocycles. The molecule has 6 heteroatoms. The number of carbonyl (C=O) groups excluding carboxylic acids is 1. The second-order valence-electron chi connectivity index (χ2n) is 6.71. The van der Waals surface area contributed by atoms with Crippen LogP contribution in [0.25, 0.3) is 11.0 Å². The normalized spacial score (nSPS) is 25.2. The first kappa shape index (κ1) is 14.6. The number of fused-ring (bicyclic) bond motifs is 1. The first-order valence-corrected chi connectivity index (χ1v) is 8.50. The minimum absolute atomic E-state index is 0.159. The van der Waals surface area contributed by atoms with Crippen LogP contribution in [0, 0.1) is 5.92 Å². The lowest BCUT2D eigenvalue weighted by molar-refractivity contribution is -0.135. The van der Waals surface area contributed by atoms with Crippen LogP contribution < -0.4 is 5.32 Å². The average Bonchev–Trinajstić information content (AvgIpc) is 3.20. The summed E-state index contributed by atoms with van der Waals surface area (Å²) in [5, 5.41) is 3.34. The highest BCUT2D eigenvalue weighted by atomic mass is 16.2. The second-order valence-corrected chi connectivity index (χ2v) is 6.71. The third kappa shape index (κ3) is 2.61. The molecule has 122 valence electrons. The Bertz CT molecular complexity index is 719. The summed E-state index contributed by atoms with van der Waals surface area (Å²) in [5.41, 5.74) is 2.04. The molecule has 0 spiro atoms. The Hall–Kier alpha value is -1.95. The van der Waals surface area contributed by atoms with Crippen LogP contribution in [-0.2, 0) is 11.8 Å². The molecule has 4 rings (SSSR count). The summed E-state index contributed by atoms with van der Waals surface area (Å²) in [6.07, 6.45) is 6.75. The van der Waals surface area contributed by atoms with Gasteiger partial charge in [-0.05, 0) is 31.9 Å². The lowest BCUT2D eigenvalue weighted by Gasteiger charge is -2.26. The Morgan fingerprint density at radius 1 is 1.39 bits per heavy atom. The van der Waals surface area contributed by atoms with Gasteiger partial charge in [-0.3, -0.25) is 9.78 Å². The van der Waals surface area contributed by atoms with Gasteiger partial charge < -0.3 is 14.8 Å². The van der Waals surface area contributed by atoms with Crippen LogP contribution in [0.2, 0.25) is 0 Å². The van der Waals surface area contributed by atoms with Gasteiger partial charge in [0.1, 0.15) is 5.82 Å². The van der Waals surface area contributed by atoms with E-state index >= 15 is 0 Å². The Morgan fingerprint density at radius 3 is 3.09 bits per heavy atom. The molecule has 0 radical (unpaired) electrons. The Kier molecular flexibility index (Phi) is 3.77. The second kappa shape index (κ2) is 5.92. The van der Waals surface area contributed by atoms with E-state index in [-0.39, 0.29) is 5.92 Å². The summed E-state index contributed by atoms with van der Waals surface area (Å²) in [4.78, 5) is 23.7. The molecule has 6 nitrogen and oxygen atoms in total. The number of nitrogens with zero attached hydrogens (tertiary/aromatic N) is 4. The smallest absolute Gasteiger partial charge is 0.226 e. The fourth-order valence-corrected chi connectivity index (χ4v) is 3.91. The number of likely N-dealkylation sites (tertiary alicyclic amines) is 1. The SMILES string of the molecule is Cn1c([C@H]2CCN(C(=O)[C@@H]3CCCNC3)C2)nc2ccncc21. The first-order chi connectivity index (χ1) is 11.2. The third-order valence-electron chi connectivity index (χ3n) is 5.23. The summed E-state index contributed by atoms with van der Waals surface area (Å²) in [5.74, 6) is 1.88. The van der Waals surface area contributed by atoms with Gasteiger partial charge in [0.05, 0.1) is 23.1 Å². The van der Waals surface area contributed by atoms with Crippen molar-refractivity contribution in [3.63, 3.8) is 0 Å². The van der Waals surface area contributed by atoms with E-state index in [4.69, 9.17) is 4.98 Å². The lowest BCUT2D eigenvalue weighted by atomic mass is 9.98. The van der Waals surface area contributed by atoms with Crippen molar-refractivity contribution in [2.75, 3.05) is 26.2 Å². The molecule has 2 saturated heterocycles. The number of nitrogens with one attached hydrogen (secondary N) is 1. The number of piperidine rings is 1. The molecule has 23 heavy (non-hydrogen) atoms. The maximum Gasteiger partial charge on any atom is 0.226 e. The highest BCUT2D eigenvalue weighted by Crippen LogP contribution is 2.30. The van der Waals surface area contributed by atoms with Crippen molar-refractivity contribution in [2.45, 2.75) is 25.2 Å². The maximum atomic E-state index is 12.7. The van der Waals surface area contributed by atoms with E-state index in [0.717, 1.165) is 62.3 Å². The van der Waals surface area contributed by atoms with E-state index in [2.05, 4.69) is 14.9 Å². The zero-order chi connectivity index (χ0) is 15.8. The largest absolute Gasteiger partial charge is 0.342 e. The van der Waals surface area contributed by atoms with Gasteiger partial charge in [0.25, 0.3) is 0 Å². The molecule has 1 N–H and O–H groups in total. The van der Waals surface area contributed by atoms with Crippen molar-refractivity contribution in [1.29, 1.82) is 0 Å². The first-order valence-electron chi connectivity index (χ1n) is 8.50. The van der Waals surface area contributed by atoms with Gasteiger partial charge in [-0.25, -0.2) is 4.98 Å². The summed E-state index contributed by atoms with van der Waals surface area (Å²) in [7, 11) is 2.04. The quantitative estimate of drug-likeness (QED) is 0.907. The van der Waals surface area contributed by atoms with Crippen LogP contribution in [-0.4, -0.2) is 51.5 Å². The number of aromatic nitrogens is 3. The molecule has 2 aromatic heterocycles. The minimum Gasteiger partial charge on any atom is -0.342 e.